The van der Waals surface area contributed by atoms with Crippen molar-refractivity contribution in [2.45, 2.75) is 44.0 Å². The van der Waals surface area contributed by atoms with Gasteiger partial charge >= 0.3 is 12.1 Å². The smallest absolute Gasteiger partial charge is 0.416 e. The third-order valence-electron chi connectivity index (χ3n) is 7.51. The normalized spacial score (nSPS) is 19.3. The largest absolute Gasteiger partial charge is 0.486 e. The van der Waals surface area contributed by atoms with Gasteiger partial charge in [0.05, 0.1) is 17.7 Å². The summed E-state index contributed by atoms with van der Waals surface area (Å²) in [6, 6.07) is 11.5. The van der Waals surface area contributed by atoms with Crippen molar-refractivity contribution in [1.82, 2.24) is 15.0 Å². The Hall–Kier alpha value is -3.37. The van der Waals surface area contributed by atoms with Crippen LogP contribution in [0.15, 0.2) is 53.3 Å². The van der Waals surface area contributed by atoms with Crippen molar-refractivity contribution in [3.63, 3.8) is 0 Å². The van der Waals surface area contributed by atoms with Gasteiger partial charge in [-0.3, -0.25) is 9.69 Å². The number of fused-ring (bicyclic) bond motifs is 1. The van der Waals surface area contributed by atoms with E-state index in [0.717, 1.165) is 42.9 Å². The maximum atomic E-state index is 14.0. The number of carboxylic acids is 1. The van der Waals surface area contributed by atoms with E-state index in [2.05, 4.69) is 15.0 Å². The molecular weight excluding hydrogens is 499 g/mol. The standard InChI is InChI=1S/C28H30F3N3O4/c1-33-11-13-34(14-12-33)17-23-20-7-9-26(21(20)6-8-24(23)28(29,30)31)38-19-4-2-18(3-5-19)22(16-27(35)36)25-10-15-37-32-25/h2-6,8,10,15,22,26H,7,9,11-14,16-17H2,1H3,(H,35,36)/t22-,26+/m0/s1. The lowest BCUT2D eigenvalue weighted by atomic mass is 9.92. The lowest BCUT2D eigenvalue weighted by Gasteiger charge is -2.33. The predicted octanol–water partition coefficient (Wildman–Crippen LogP) is 5.11. The molecule has 2 aliphatic rings. The molecule has 38 heavy (non-hydrogen) atoms. The van der Waals surface area contributed by atoms with Gasteiger partial charge in [0.15, 0.2) is 0 Å². The van der Waals surface area contributed by atoms with Gasteiger partial charge in [0.25, 0.3) is 0 Å². The van der Waals surface area contributed by atoms with E-state index in [1.807, 2.05) is 7.05 Å². The van der Waals surface area contributed by atoms with E-state index >= 15 is 0 Å². The van der Waals surface area contributed by atoms with Crippen LogP contribution in [0.25, 0.3) is 0 Å². The number of halogens is 3. The van der Waals surface area contributed by atoms with Gasteiger partial charge < -0.3 is 19.3 Å². The summed E-state index contributed by atoms with van der Waals surface area (Å²) < 4.78 is 53.0. The number of piperazine rings is 1. The van der Waals surface area contributed by atoms with Crippen LogP contribution < -0.4 is 4.74 Å². The molecule has 1 N–H and O–H groups in total. The summed E-state index contributed by atoms with van der Waals surface area (Å²) in [4.78, 5) is 15.7. The Labute approximate surface area is 218 Å². The molecule has 2 aromatic carbocycles. The van der Waals surface area contributed by atoms with Gasteiger partial charge in [0.1, 0.15) is 18.1 Å². The highest BCUT2D eigenvalue weighted by Crippen LogP contribution is 2.42. The van der Waals surface area contributed by atoms with Crippen LogP contribution >= 0.6 is 0 Å². The quantitative estimate of drug-likeness (QED) is 0.434. The first-order valence-corrected chi connectivity index (χ1v) is 12.7. The van der Waals surface area contributed by atoms with Crippen molar-refractivity contribution in [2.24, 2.45) is 0 Å². The molecule has 0 radical (unpaired) electrons. The Morgan fingerprint density at radius 2 is 1.87 bits per heavy atom. The number of likely N-dealkylation sites (N-methyl/N-ethyl adjacent to an activating group) is 1. The fraction of sp³-hybridized carbons (Fsp3) is 0.429. The molecule has 202 valence electrons. The van der Waals surface area contributed by atoms with Crippen LogP contribution in [0.1, 0.15) is 58.4 Å². The lowest BCUT2D eigenvalue weighted by Crippen LogP contribution is -2.44. The molecule has 0 unspecified atom stereocenters. The number of nitrogens with zero attached hydrogens (tertiary/aromatic N) is 3. The first-order valence-electron chi connectivity index (χ1n) is 12.7. The second kappa shape index (κ2) is 10.8. The van der Waals surface area contributed by atoms with E-state index in [4.69, 9.17) is 9.26 Å². The van der Waals surface area contributed by atoms with E-state index in [0.29, 0.717) is 29.8 Å². The summed E-state index contributed by atoms with van der Waals surface area (Å²) >= 11 is 0. The van der Waals surface area contributed by atoms with Gasteiger partial charge in [-0.25, -0.2) is 0 Å². The number of aliphatic carboxylic acids is 1. The van der Waals surface area contributed by atoms with E-state index < -0.39 is 23.6 Å². The average molecular weight is 530 g/mol. The number of carbonyl (C=O) groups is 1. The number of ether oxygens (including phenoxy) is 1. The molecule has 3 aromatic rings. The molecule has 10 heteroatoms. The summed E-state index contributed by atoms with van der Waals surface area (Å²) in [6.45, 7) is 3.42. The van der Waals surface area contributed by atoms with Crippen molar-refractivity contribution < 1.29 is 32.3 Å². The number of rotatable bonds is 8. The Bertz CT molecular complexity index is 1250. The minimum absolute atomic E-state index is 0.139. The van der Waals surface area contributed by atoms with Gasteiger partial charge in [-0.05, 0) is 60.3 Å². The zero-order chi connectivity index (χ0) is 26.9. The summed E-state index contributed by atoms with van der Waals surface area (Å²) in [7, 11) is 2.02. The van der Waals surface area contributed by atoms with E-state index in [1.54, 1.807) is 36.4 Å². The van der Waals surface area contributed by atoms with Crippen LogP contribution in [0.3, 0.4) is 0 Å². The van der Waals surface area contributed by atoms with Crippen LogP contribution in [0, 0.1) is 0 Å². The Morgan fingerprint density at radius 3 is 2.50 bits per heavy atom. The molecule has 5 rings (SSSR count). The van der Waals surface area contributed by atoms with Gasteiger partial charge in [0, 0.05) is 44.7 Å². The zero-order valence-electron chi connectivity index (χ0n) is 21.1. The molecule has 1 aromatic heterocycles. The first-order chi connectivity index (χ1) is 18.2. The monoisotopic (exact) mass is 529 g/mol. The lowest BCUT2D eigenvalue weighted by molar-refractivity contribution is -0.139. The summed E-state index contributed by atoms with van der Waals surface area (Å²) in [5.41, 5.74) is 2.64. The number of benzene rings is 2. The van der Waals surface area contributed by atoms with Crippen LogP contribution in [-0.4, -0.2) is 59.3 Å². The van der Waals surface area contributed by atoms with E-state index in [1.165, 1.54) is 12.3 Å². The number of hydrogen-bond acceptors (Lipinski definition) is 6. The molecule has 2 atom stereocenters. The second-order valence-corrected chi connectivity index (χ2v) is 10.0. The maximum absolute atomic E-state index is 14.0. The number of hydrogen-bond donors (Lipinski definition) is 1. The van der Waals surface area contributed by atoms with Crippen molar-refractivity contribution in [1.29, 1.82) is 0 Å². The Kier molecular flexibility index (Phi) is 7.45. The molecule has 0 amide bonds. The van der Waals surface area contributed by atoms with Crippen LogP contribution in [0.5, 0.6) is 5.75 Å². The fourth-order valence-electron chi connectivity index (χ4n) is 5.45. The topological polar surface area (TPSA) is 79.0 Å². The maximum Gasteiger partial charge on any atom is 0.416 e. The van der Waals surface area contributed by atoms with Crippen LogP contribution in [-0.2, 0) is 23.9 Å². The first kappa shape index (κ1) is 26.2. The van der Waals surface area contributed by atoms with E-state index in [-0.39, 0.29) is 19.1 Å². The van der Waals surface area contributed by atoms with Crippen molar-refractivity contribution in [3.05, 3.63) is 82.2 Å². The molecule has 1 saturated heterocycles. The van der Waals surface area contributed by atoms with Crippen LogP contribution in [0.4, 0.5) is 13.2 Å². The van der Waals surface area contributed by atoms with Crippen molar-refractivity contribution in [2.75, 3.05) is 33.2 Å². The summed E-state index contributed by atoms with van der Waals surface area (Å²) in [6.07, 6.45) is -2.38. The SMILES string of the molecule is CN1CCN(Cc2c(C(F)(F)F)ccc3c2CC[C@H]3Oc2ccc([C@H](CC(=O)O)c3ccon3)cc2)CC1. The summed E-state index contributed by atoms with van der Waals surface area (Å²) in [5.74, 6) is -0.849. The minimum Gasteiger partial charge on any atom is -0.486 e. The highest BCUT2D eigenvalue weighted by atomic mass is 19.4. The number of alkyl halides is 3. The predicted molar refractivity (Wildman–Crippen MR) is 133 cm³/mol. The fourth-order valence-corrected chi connectivity index (χ4v) is 5.45. The van der Waals surface area contributed by atoms with Crippen molar-refractivity contribution in [3.8, 4) is 5.75 Å². The summed E-state index contributed by atoms with van der Waals surface area (Å²) in [5, 5.41) is 13.2. The number of aromatic nitrogens is 1. The molecule has 1 aliphatic carbocycles. The third kappa shape index (κ3) is 5.71. The minimum atomic E-state index is -4.41. The average Bonchev–Trinajstić information content (AvgIpc) is 3.55. The molecule has 0 spiro atoms. The molecular formula is C28H30F3N3O4. The Balaban J connectivity index is 1.36. The Morgan fingerprint density at radius 1 is 1.13 bits per heavy atom. The number of carboxylic acid groups (broad SMARTS) is 1. The third-order valence-corrected chi connectivity index (χ3v) is 7.51. The van der Waals surface area contributed by atoms with Crippen LogP contribution in [0.2, 0.25) is 0 Å². The van der Waals surface area contributed by atoms with Gasteiger partial charge in [-0.1, -0.05) is 23.4 Å². The van der Waals surface area contributed by atoms with Gasteiger partial charge in [-0.2, -0.15) is 13.2 Å². The highest BCUT2D eigenvalue weighted by Gasteiger charge is 2.38. The molecule has 0 saturated carbocycles. The molecule has 1 fully saturated rings. The highest BCUT2D eigenvalue weighted by molar-refractivity contribution is 5.69. The molecule has 2 heterocycles. The zero-order valence-corrected chi connectivity index (χ0v) is 21.1. The van der Waals surface area contributed by atoms with Gasteiger partial charge in [-0.15, -0.1) is 0 Å². The van der Waals surface area contributed by atoms with Gasteiger partial charge in [0.2, 0.25) is 0 Å². The second-order valence-electron chi connectivity index (χ2n) is 10.0. The molecule has 1 aliphatic heterocycles. The van der Waals surface area contributed by atoms with E-state index in [9.17, 15) is 23.1 Å². The molecule has 7 nitrogen and oxygen atoms in total. The van der Waals surface area contributed by atoms with Crippen molar-refractivity contribution >= 4 is 5.97 Å². The molecule has 0 bridgehead atoms.